The Morgan fingerprint density at radius 2 is 1.94 bits per heavy atom. The number of phenols is 1. The zero-order chi connectivity index (χ0) is 12.5. The lowest BCUT2D eigenvalue weighted by atomic mass is 10.1. The van der Waals surface area contributed by atoms with E-state index in [1.54, 1.807) is 0 Å². The first-order valence-electron chi connectivity index (χ1n) is 4.04. The van der Waals surface area contributed by atoms with Gasteiger partial charge in [0.05, 0.1) is 0 Å². The summed E-state index contributed by atoms with van der Waals surface area (Å²) in [6.45, 7) is 1.12. The van der Waals surface area contributed by atoms with E-state index in [-0.39, 0.29) is 5.56 Å². The Kier molecular flexibility index (Phi) is 2.97. The van der Waals surface area contributed by atoms with Gasteiger partial charge in [0.2, 0.25) is 0 Å². The van der Waals surface area contributed by atoms with Crippen LogP contribution in [-0.2, 0) is 0 Å². The van der Waals surface area contributed by atoms with E-state index in [0.717, 1.165) is 19.1 Å². The Bertz CT molecular complexity index is 425. The maximum absolute atomic E-state index is 11.9. The van der Waals surface area contributed by atoms with Gasteiger partial charge >= 0.3 is 12.3 Å². The predicted molar refractivity (Wildman–Crippen MR) is 46.5 cm³/mol. The highest BCUT2D eigenvalue weighted by Gasteiger charge is 2.32. The van der Waals surface area contributed by atoms with Gasteiger partial charge in [-0.15, -0.1) is 13.2 Å². The van der Waals surface area contributed by atoms with Crippen molar-refractivity contribution in [3.05, 3.63) is 23.3 Å². The van der Waals surface area contributed by atoms with Crippen molar-refractivity contribution in [2.45, 2.75) is 13.3 Å². The third-order valence-electron chi connectivity index (χ3n) is 1.83. The maximum Gasteiger partial charge on any atom is 0.573 e. The summed E-state index contributed by atoms with van der Waals surface area (Å²) >= 11 is 0. The Balaban J connectivity index is 3.24. The summed E-state index contributed by atoms with van der Waals surface area (Å²) in [5, 5.41) is 17.8. The number of benzene rings is 1. The molecule has 0 atom stereocenters. The lowest BCUT2D eigenvalue weighted by molar-refractivity contribution is -0.274. The zero-order valence-electron chi connectivity index (χ0n) is 8.00. The van der Waals surface area contributed by atoms with Crippen molar-refractivity contribution < 1.29 is 32.9 Å². The van der Waals surface area contributed by atoms with Gasteiger partial charge in [-0.1, -0.05) is 0 Å². The molecule has 16 heavy (non-hydrogen) atoms. The molecule has 0 bridgehead atoms. The number of aromatic carboxylic acids is 1. The van der Waals surface area contributed by atoms with Gasteiger partial charge in [-0.25, -0.2) is 4.79 Å². The van der Waals surface area contributed by atoms with Crippen LogP contribution in [0.25, 0.3) is 0 Å². The summed E-state index contributed by atoms with van der Waals surface area (Å²) in [7, 11) is 0. The third-order valence-corrected chi connectivity index (χ3v) is 1.83. The first-order chi connectivity index (χ1) is 7.22. The second kappa shape index (κ2) is 3.92. The van der Waals surface area contributed by atoms with Gasteiger partial charge in [-0.05, 0) is 19.1 Å². The average molecular weight is 236 g/mol. The predicted octanol–water partition coefficient (Wildman–Crippen LogP) is 2.30. The lowest BCUT2D eigenvalue weighted by Crippen LogP contribution is -2.18. The summed E-state index contributed by atoms with van der Waals surface area (Å²) < 4.78 is 39.4. The molecule has 0 saturated carbocycles. The van der Waals surface area contributed by atoms with Crippen LogP contribution in [0.3, 0.4) is 0 Å². The van der Waals surface area contributed by atoms with E-state index in [1.807, 2.05) is 0 Å². The molecule has 0 fully saturated rings. The van der Waals surface area contributed by atoms with Crippen molar-refractivity contribution in [3.8, 4) is 11.5 Å². The van der Waals surface area contributed by atoms with Crippen molar-refractivity contribution in [3.63, 3.8) is 0 Å². The van der Waals surface area contributed by atoms with Gasteiger partial charge in [0.25, 0.3) is 0 Å². The molecule has 1 aromatic carbocycles. The van der Waals surface area contributed by atoms with Crippen LogP contribution >= 0.6 is 0 Å². The molecule has 0 spiro atoms. The number of ether oxygens (including phenoxy) is 1. The minimum atomic E-state index is -4.91. The molecule has 0 radical (unpaired) electrons. The highest BCUT2D eigenvalue weighted by molar-refractivity contribution is 5.93. The van der Waals surface area contributed by atoms with Gasteiger partial charge in [0.1, 0.15) is 17.1 Å². The summed E-state index contributed by atoms with van der Waals surface area (Å²) in [6, 6.07) is 1.68. The molecular weight excluding hydrogens is 229 g/mol. The molecule has 0 amide bonds. The highest BCUT2D eigenvalue weighted by Crippen LogP contribution is 2.32. The standard InChI is InChI=1S/C9H7F3O4/c1-4-6(16-9(10,11)12)3-2-5(13)7(4)8(14)15/h2-3,13H,1H3,(H,14,15). The van der Waals surface area contributed by atoms with Crippen molar-refractivity contribution in [2.24, 2.45) is 0 Å². The number of rotatable bonds is 2. The van der Waals surface area contributed by atoms with Crippen LogP contribution in [0.5, 0.6) is 11.5 Å². The SMILES string of the molecule is Cc1c(OC(F)(F)F)ccc(O)c1C(=O)O. The summed E-state index contributed by atoms with van der Waals surface area (Å²) in [5.74, 6) is -2.79. The molecule has 0 saturated heterocycles. The molecule has 1 aromatic rings. The van der Waals surface area contributed by atoms with Crippen LogP contribution < -0.4 is 4.74 Å². The summed E-state index contributed by atoms with van der Waals surface area (Å²) in [4.78, 5) is 10.7. The highest BCUT2D eigenvalue weighted by atomic mass is 19.4. The van der Waals surface area contributed by atoms with E-state index in [9.17, 15) is 18.0 Å². The Morgan fingerprint density at radius 1 is 1.38 bits per heavy atom. The number of alkyl halides is 3. The number of halogens is 3. The molecule has 88 valence electrons. The van der Waals surface area contributed by atoms with Crippen LogP contribution in [0.1, 0.15) is 15.9 Å². The second-order valence-electron chi connectivity index (χ2n) is 2.94. The van der Waals surface area contributed by atoms with Gasteiger partial charge in [-0.2, -0.15) is 0 Å². The number of hydrogen-bond donors (Lipinski definition) is 2. The van der Waals surface area contributed by atoms with E-state index in [4.69, 9.17) is 10.2 Å². The normalized spacial score (nSPS) is 11.2. The lowest BCUT2D eigenvalue weighted by Gasteiger charge is -2.13. The molecule has 0 unspecified atom stereocenters. The van der Waals surface area contributed by atoms with Crippen LogP contribution in [0.4, 0.5) is 13.2 Å². The fourth-order valence-electron chi connectivity index (χ4n) is 1.18. The second-order valence-corrected chi connectivity index (χ2v) is 2.94. The van der Waals surface area contributed by atoms with E-state index in [2.05, 4.69) is 4.74 Å². The summed E-state index contributed by atoms with van der Waals surface area (Å²) in [6.07, 6.45) is -4.91. The molecule has 0 aliphatic heterocycles. The van der Waals surface area contributed by atoms with E-state index in [1.165, 1.54) is 0 Å². The van der Waals surface area contributed by atoms with Crippen molar-refractivity contribution in [2.75, 3.05) is 0 Å². The van der Waals surface area contributed by atoms with Gasteiger partial charge in [0, 0.05) is 5.56 Å². The number of carboxylic acids is 1. The fraction of sp³-hybridized carbons (Fsp3) is 0.222. The maximum atomic E-state index is 11.9. The minimum Gasteiger partial charge on any atom is -0.507 e. The quantitative estimate of drug-likeness (QED) is 0.826. The van der Waals surface area contributed by atoms with E-state index < -0.39 is 29.4 Å². The monoisotopic (exact) mass is 236 g/mol. The first-order valence-corrected chi connectivity index (χ1v) is 4.04. The van der Waals surface area contributed by atoms with Crippen molar-refractivity contribution >= 4 is 5.97 Å². The Hall–Kier alpha value is -1.92. The number of hydrogen-bond acceptors (Lipinski definition) is 3. The van der Waals surface area contributed by atoms with E-state index >= 15 is 0 Å². The van der Waals surface area contributed by atoms with Gasteiger partial charge in [-0.3, -0.25) is 0 Å². The third kappa shape index (κ3) is 2.56. The van der Waals surface area contributed by atoms with Crippen molar-refractivity contribution in [1.82, 2.24) is 0 Å². The van der Waals surface area contributed by atoms with Crippen LogP contribution in [0.15, 0.2) is 12.1 Å². The number of carbonyl (C=O) groups is 1. The molecule has 0 aliphatic rings. The van der Waals surface area contributed by atoms with Crippen LogP contribution in [0, 0.1) is 6.92 Å². The van der Waals surface area contributed by atoms with Crippen molar-refractivity contribution in [1.29, 1.82) is 0 Å². The smallest absolute Gasteiger partial charge is 0.507 e. The molecule has 0 aromatic heterocycles. The molecule has 7 heteroatoms. The fourth-order valence-corrected chi connectivity index (χ4v) is 1.18. The van der Waals surface area contributed by atoms with Crippen LogP contribution in [0.2, 0.25) is 0 Å². The molecule has 0 heterocycles. The first kappa shape index (κ1) is 12.2. The molecular formula is C9H7F3O4. The molecule has 4 nitrogen and oxygen atoms in total. The van der Waals surface area contributed by atoms with Gasteiger partial charge in [0.15, 0.2) is 0 Å². The average Bonchev–Trinajstić information content (AvgIpc) is 2.07. The Morgan fingerprint density at radius 3 is 2.38 bits per heavy atom. The minimum absolute atomic E-state index is 0.287. The largest absolute Gasteiger partial charge is 0.573 e. The topological polar surface area (TPSA) is 66.8 Å². The number of aromatic hydroxyl groups is 1. The molecule has 1 rings (SSSR count). The molecule has 2 N–H and O–H groups in total. The van der Waals surface area contributed by atoms with E-state index in [0.29, 0.717) is 0 Å². The zero-order valence-corrected chi connectivity index (χ0v) is 8.00. The molecule has 0 aliphatic carbocycles. The van der Waals surface area contributed by atoms with Gasteiger partial charge < -0.3 is 14.9 Å². The number of carboxylic acid groups (broad SMARTS) is 1. The Labute approximate surface area is 87.9 Å². The van der Waals surface area contributed by atoms with Crippen LogP contribution in [-0.4, -0.2) is 22.5 Å². The summed E-state index contributed by atoms with van der Waals surface area (Å²) in [5.41, 5.74) is -0.897.